The molecule has 7 nitrogen and oxygen atoms in total. The first-order valence-corrected chi connectivity index (χ1v) is 14.4. The number of halogens is 2. The minimum absolute atomic E-state index is 0.0521. The first-order chi connectivity index (χ1) is 18.1. The molecule has 0 aliphatic heterocycles. The van der Waals surface area contributed by atoms with Gasteiger partial charge in [0.2, 0.25) is 11.8 Å². The minimum atomic E-state index is -4.12. The zero-order valence-electron chi connectivity index (χ0n) is 21.5. The van der Waals surface area contributed by atoms with E-state index in [4.69, 9.17) is 23.2 Å². The summed E-state index contributed by atoms with van der Waals surface area (Å²) in [5.74, 6) is -0.919. The van der Waals surface area contributed by atoms with Crippen molar-refractivity contribution in [3.63, 3.8) is 0 Å². The average molecular weight is 577 g/mol. The topological polar surface area (TPSA) is 86.8 Å². The van der Waals surface area contributed by atoms with Crippen molar-refractivity contribution < 1.29 is 18.0 Å². The van der Waals surface area contributed by atoms with Gasteiger partial charge in [0.15, 0.2) is 0 Å². The Morgan fingerprint density at radius 3 is 2.05 bits per heavy atom. The maximum absolute atomic E-state index is 13.9. The van der Waals surface area contributed by atoms with Gasteiger partial charge in [-0.15, -0.1) is 0 Å². The van der Waals surface area contributed by atoms with Gasteiger partial charge in [-0.05, 0) is 56.7 Å². The first kappa shape index (κ1) is 29.5. The lowest BCUT2D eigenvalue weighted by atomic mass is 10.1. The van der Waals surface area contributed by atoms with E-state index in [-0.39, 0.29) is 17.3 Å². The van der Waals surface area contributed by atoms with E-state index in [0.29, 0.717) is 34.3 Å². The molecular formula is C28H31Cl2N3O4S. The number of nitrogens with zero attached hydrogens (tertiary/aromatic N) is 2. The number of likely N-dealkylation sites (N-methyl/N-ethyl adjacent to an activating group) is 1. The summed E-state index contributed by atoms with van der Waals surface area (Å²) in [6.07, 6.45) is 0.301. The molecule has 38 heavy (non-hydrogen) atoms. The van der Waals surface area contributed by atoms with Crippen molar-refractivity contribution >= 4 is 50.7 Å². The molecule has 3 rings (SSSR count). The van der Waals surface area contributed by atoms with Gasteiger partial charge in [0.1, 0.15) is 12.6 Å². The minimum Gasteiger partial charge on any atom is -0.355 e. The molecule has 0 bridgehead atoms. The number of anilines is 1. The van der Waals surface area contributed by atoms with Gasteiger partial charge in [0.05, 0.1) is 10.6 Å². The number of hydrogen-bond acceptors (Lipinski definition) is 4. The van der Waals surface area contributed by atoms with Gasteiger partial charge in [-0.2, -0.15) is 0 Å². The molecule has 0 radical (unpaired) electrons. The third-order valence-corrected chi connectivity index (χ3v) is 8.56. The Bertz CT molecular complexity index is 1350. The fourth-order valence-corrected chi connectivity index (χ4v) is 5.96. The Hall–Kier alpha value is -3.07. The Balaban J connectivity index is 2.07. The lowest BCUT2D eigenvalue weighted by Crippen LogP contribution is -2.52. The number of benzene rings is 3. The molecule has 0 saturated carbocycles. The monoisotopic (exact) mass is 575 g/mol. The van der Waals surface area contributed by atoms with Crippen molar-refractivity contribution in [3.05, 3.63) is 94.0 Å². The van der Waals surface area contributed by atoms with Gasteiger partial charge in [0.25, 0.3) is 10.0 Å². The van der Waals surface area contributed by atoms with Gasteiger partial charge < -0.3 is 10.2 Å². The fourth-order valence-electron chi connectivity index (χ4n) is 4.03. The van der Waals surface area contributed by atoms with Crippen LogP contribution in [0.3, 0.4) is 0 Å². The number of aryl methyl sites for hydroxylation is 1. The highest BCUT2D eigenvalue weighted by Crippen LogP contribution is 2.28. The summed E-state index contributed by atoms with van der Waals surface area (Å²) >= 11 is 12.8. The van der Waals surface area contributed by atoms with Crippen molar-refractivity contribution in [2.75, 3.05) is 17.4 Å². The number of hydrogen-bond donors (Lipinski definition) is 1. The van der Waals surface area contributed by atoms with E-state index >= 15 is 0 Å². The predicted octanol–water partition coefficient (Wildman–Crippen LogP) is 5.44. The lowest BCUT2D eigenvalue weighted by Gasteiger charge is -2.33. The van der Waals surface area contributed by atoms with E-state index in [0.717, 1.165) is 9.87 Å². The summed E-state index contributed by atoms with van der Waals surface area (Å²) in [6, 6.07) is 18.9. The van der Waals surface area contributed by atoms with Crippen LogP contribution in [0.25, 0.3) is 0 Å². The highest BCUT2D eigenvalue weighted by atomic mass is 35.5. The van der Waals surface area contributed by atoms with Crippen LogP contribution in [0.2, 0.25) is 10.0 Å². The number of sulfonamides is 1. The van der Waals surface area contributed by atoms with Crippen LogP contribution in [0.1, 0.15) is 31.4 Å². The summed E-state index contributed by atoms with van der Waals surface area (Å²) in [6.45, 7) is 5.21. The Kier molecular flexibility index (Phi) is 10.2. The number of amides is 2. The molecule has 0 saturated heterocycles. The molecule has 0 fully saturated rings. The van der Waals surface area contributed by atoms with Gasteiger partial charge in [-0.1, -0.05) is 72.1 Å². The molecule has 10 heteroatoms. The average Bonchev–Trinajstić information content (AvgIpc) is 2.89. The molecule has 0 aliphatic carbocycles. The Labute approximate surface area is 234 Å². The van der Waals surface area contributed by atoms with Crippen molar-refractivity contribution in [3.8, 4) is 0 Å². The molecule has 3 aromatic carbocycles. The van der Waals surface area contributed by atoms with Crippen LogP contribution in [0.5, 0.6) is 0 Å². The molecular weight excluding hydrogens is 545 g/mol. The van der Waals surface area contributed by atoms with Crippen LogP contribution in [0, 0.1) is 6.92 Å². The zero-order valence-corrected chi connectivity index (χ0v) is 23.9. The third-order valence-electron chi connectivity index (χ3n) is 6.06. The Morgan fingerprint density at radius 1 is 0.895 bits per heavy atom. The number of nitrogens with one attached hydrogen (secondary N) is 1. The number of para-hydroxylation sites is 1. The van der Waals surface area contributed by atoms with E-state index in [9.17, 15) is 18.0 Å². The van der Waals surface area contributed by atoms with Crippen LogP contribution >= 0.6 is 23.2 Å². The summed E-state index contributed by atoms with van der Waals surface area (Å²) < 4.78 is 28.6. The molecule has 3 aromatic rings. The second-order valence-electron chi connectivity index (χ2n) is 8.70. The third kappa shape index (κ3) is 6.87. The predicted molar refractivity (Wildman–Crippen MR) is 152 cm³/mol. The largest absolute Gasteiger partial charge is 0.355 e. The van der Waals surface area contributed by atoms with Crippen LogP contribution < -0.4 is 9.62 Å². The first-order valence-electron chi connectivity index (χ1n) is 12.2. The SMILES string of the molecule is CCNC(=O)C(CC)N(Cc1c(Cl)cccc1Cl)C(=O)CN(c1ccccc1)S(=O)(=O)c1ccc(C)cc1. The highest BCUT2D eigenvalue weighted by Gasteiger charge is 2.34. The molecule has 0 aromatic heterocycles. The van der Waals surface area contributed by atoms with Crippen LogP contribution in [-0.2, 0) is 26.2 Å². The second-order valence-corrected chi connectivity index (χ2v) is 11.4. The molecule has 0 aliphatic rings. The zero-order chi connectivity index (χ0) is 27.9. The second kappa shape index (κ2) is 13.1. The van der Waals surface area contributed by atoms with Crippen LogP contribution in [-0.4, -0.2) is 44.3 Å². The standard InChI is InChI=1S/C28H31Cl2N3O4S/c1-4-26(28(35)31-5-2)32(18-23-24(29)12-9-13-25(23)30)27(34)19-33(21-10-7-6-8-11-21)38(36,37)22-16-14-20(3)15-17-22/h6-17,26H,4-5,18-19H2,1-3H3,(H,31,35). The maximum Gasteiger partial charge on any atom is 0.264 e. The highest BCUT2D eigenvalue weighted by molar-refractivity contribution is 7.92. The van der Waals surface area contributed by atoms with E-state index < -0.39 is 28.5 Å². The summed E-state index contributed by atoms with van der Waals surface area (Å²) in [4.78, 5) is 28.3. The van der Waals surface area contributed by atoms with Crippen LogP contribution in [0.4, 0.5) is 5.69 Å². The molecule has 0 spiro atoms. The van der Waals surface area contributed by atoms with Crippen molar-refractivity contribution in [1.82, 2.24) is 10.2 Å². The van der Waals surface area contributed by atoms with E-state index in [2.05, 4.69) is 5.32 Å². The van der Waals surface area contributed by atoms with E-state index in [1.54, 1.807) is 74.5 Å². The molecule has 1 N–H and O–H groups in total. The van der Waals surface area contributed by atoms with Crippen LogP contribution in [0.15, 0.2) is 77.7 Å². The fraction of sp³-hybridized carbons (Fsp3) is 0.286. The van der Waals surface area contributed by atoms with Gasteiger partial charge in [-0.25, -0.2) is 8.42 Å². The van der Waals surface area contributed by atoms with Gasteiger partial charge in [-0.3, -0.25) is 13.9 Å². The smallest absolute Gasteiger partial charge is 0.264 e. The maximum atomic E-state index is 13.9. The molecule has 202 valence electrons. The summed E-state index contributed by atoms with van der Waals surface area (Å²) in [7, 11) is -4.12. The number of carbonyl (C=O) groups is 2. The molecule has 1 unspecified atom stereocenters. The van der Waals surface area contributed by atoms with Gasteiger partial charge in [0, 0.05) is 28.7 Å². The Morgan fingerprint density at radius 2 is 1.50 bits per heavy atom. The molecule has 1 atom stereocenters. The normalized spacial score (nSPS) is 12.0. The number of rotatable bonds is 11. The van der Waals surface area contributed by atoms with Crippen molar-refractivity contribution in [1.29, 1.82) is 0 Å². The molecule has 2 amide bonds. The van der Waals surface area contributed by atoms with E-state index in [1.165, 1.54) is 17.0 Å². The van der Waals surface area contributed by atoms with Crippen molar-refractivity contribution in [2.24, 2.45) is 0 Å². The molecule has 0 heterocycles. The summed E-state index contributed by atoms with van der Waals surface area (Å²) in [5, 5.41) is 3.44. The lowest BCUT2D eigenvalue weighted by molar-refractivity contribution is -0.140. The van der Waals surface area contributed by atoms with Gasteiger partial charge >= 0.3 is 0 Å². The van der Waals surface area contributed by atoms with Crippen molar-refractivity contribution in [2.45, 2.75) is 44.7 Å². The van der Waals surface area contributed by atoms with E-state index in [1.807, 2.05) is 6.92 Å². The summed E-state index contributed by atoms with van der Waals surface area (Å²) in [5.41, 5.74) is 1.70. The quantitative estimate of drug-likeness (QED) is 0.330. The number of carbonyl (C=O) groups excluding carboxylic acids is 2.